The maximum Gasteiger partial charge on any atom is 0.233 e. The molecule has 0 aliphatic heterocycles. The Morgan fingerprint density at radius 3 is 1.67 bits per heavy atom. The fourth-order valence-electron chi connectivity index (χ4n) is 3.86. The van der Waals surface area contributed by atoms with Gasteiger partial charge in [-0.25, -0.2) is 0 Å². The van der Waals surface area contributed by atoms with Crippen LogP contribution in [0.5, 0.6) is 34.5 Å². The van der Waals surface area contributed by atoms with E-state index >= 15 is 0 Å². The Morgan fingerprint density at radius 2 is 1.11 bits per heavy atom. The smallest absolute Gasteiger partial charge is 0.233 e. The van der Waals surface area contributed by atoms with Gasteiger partial charge < -0.3 is 28.4 Å². The first-order valence-electron chi connectivity index (χ1n) is 11.2. The zero-order valence-electron chi connectivity index (χ0n) is 21.3. The number of Topliss-reactive ketones (excluding diaryl/α,β-unsaturated/α-hetero) is 2. The van der Waals surface area contributed by atoms with E-state index in [0.29, 0.717) is 52.9 Å². The first kappa shape index (κ1) is 26.4. The van der Waals surface area contributed by atoms with Crippen LogP contribution < -0.4 is 28.4 Å². The minimum absolute atomic E-state index is 0.191. The molecule has 0 saturated carbocycles. The first-order valence-corrected chi connectivity index (χ1v) is 11.2. The molecule has 3 rings (SSSR count). The summed E-state index contributed by atoms with van der Waals surface area (Å²) in [7, 11) is 9.13. The molecule has 0 aliphatic carbocycles. The third-order valence-electron chi connectivity index (χ3n) is 5.80. The van der Waals surface area contributed by atoms with Crippen molar-refractivity contribution in [3.63, 3.8) is 0 Å². The van der Waals surface area contributed by atoms with E-state index in [2.05, 4.69) is 0 Å². The summed E-state index contributed by atoms with van der Waals surface area (Å²) in [6.07, 6.45) is 1.02. The van der Waals surface area contributed by atoms with Crippen molar-refractivity contribution in [2.24, 2.45) is 0 Å². The number of rotatable bonds is 12. The second-order valence-electron chi connectivity index (χ2n) is 7.81. The molecular formula is C28H30O8. The van der Waals surface area contributed by atoms with Crippen LogP contribution in [0.1, 0.15) is 31.8 Å². The molecule has 0 fully saturated rings. The molecule has 0 heterocycles. The SMILES string of the molecule is COc1cc(CCc2cc(OC)c(OC)cc2C(=O)C(=O)c2ccc(OC)c(OC)c2)cc(OC)c1. The number of hydrogen-bond donors (Lipinski definition) is 0. The Balaban J connectivity index is 1.99. The van der Waals surface area contributed by atoms with Crippen LogP contribution in [0, 0.1) is 0 Å². The first-order chi connectivity index (χ1) is 17.4. The molecule has 0 aliphatic rings. The van der Waals surface area contributed by atoms with Crippen LogP contribution in [-0.2, 0) is 12.8 Å². The number of methoxy groups -OCH3 is 6. The molecule has 0 bridgehead atoms. The Hall–Kier alpha value is -4.20. The van der Waals surface area contributed by atoms with Crippen molar-refractivity contribution in [2.45, 2.75) is 12.8 Å². The monoisotopic (exact) mass is 494 g/mol. The van der Waals surface area contributed by atoms with Gasteiger partial charge in [0.1, 0.15) is 11.5 Å². The highest BCUT2D eigenvalue weighted by Gasteiger charge is 2.25. The second kappa shape index (κ2) is 12.0. The lowest BCUT2D eigenvalue weighted by molar-refractivity contribution is 0.0816. The van der Waals surface area contributed by atoms with E-state index < -0.39 is 11.6 Å². The Labute approximate surface area is 210 Å². The van der Waals surface area contributed by atoms with E-state index in [4.69, 9.17) is 28.4 Å². The van der Waals surface area contributed by atoms with Gasteiger partial charge in [0, 0.05) is 17.2 Å². The molecule has 0 atom stereocenters. The normalized spacial score (nSPS) is 10.4. The van der Waals surface area contributed by atoms with Crippen LogP contribution in [0.15, 0.2) is 48.5 Å². The Kier molecular flexibility index (Phi) is 8.78. The van der Waals surface area contributed by atoms with Gasteiger partial charge in [-0.2, -0.15) is 0 Å². The van der Waals surface area contributed by atoms with Crippen molar-refractivity contribution in [1.82, 2.24) is 0 Å². The molecule has 0 unspecified atom stereocenters. The third kappa shape index (κ3) is 5.71. The van der Waals surface area contributed by atoms with Crippen molar-refractivity contribution < 1.29 is 38.0 Å². The van der Waals surface area contributed by atoms with Crippen LogP contribution in [0.2, 0.25) is 0 Å². The highest BCUT2D eigenvalue weighted by molar-refractivity contribution is 6.49. The summed E-state index contributed by atoms with van der Waals surface area (Å²) in [5.41, 5.74) is 2.03. The van der Waals surface area contributed by atoms with Gasteiger partial charge in [-0.1, -0.05) is 0 Å². The molecule has 36 heavy (non-hydrogen) atoms. The summed E-state index contributed by atoms with van der Waals surface area (Å²) in [6.45, 7) is 0. The number of hydrogen-bond acceptors (Lipinski definition) is 8. The molecule has 0 N–H and O–H groups in total. The number of ketones is 2. The van der Waals surface area contributed by atoms with E-state index in [9.17, 15) is 9.59 Å². The van der Waals surface area contributed by atoms with Crippen molar-refractivity contribution in [1.29, 1.82) is 0 Å². The van der Waals surface area contributed by atoms with Gasteiger partial charge in [0.05, 0.1) is 42.7 Å². The summed E-state index contributed by atoms with van der Waals surface area (Å²) in [5.74, 6) is 1.62. The third-order valence-corrected chi connectivity index (χ3v) is 5.80. The number of benzene rings is 3. The lowest BCUT2D eigenvalue weighted by atomic mass is 9.93. The average molecular weight is 495 g/mol. The van der Waals surface area contributed by atoms with Crippen LogP contribution in [0.3, 0.4) is 0 Å². The van der Waals surface area contributed by atoms with E-state index in [1.165, 1.54) is 40.6 Å². The maximum absolute atomic E-state index is 13.4. The highest BCUT2D eigenvalue weighted by Crippen LogP contribution is 2.33. The zero-order chi connectivity index (χ0) is 26.2. The summed E-state index contributed by atoms with van der Waals surface area (Å²) < 4.78 is 32.1. The van der Waals surface area contributed by atoms with Gasteiger partial charge in [-0.3, -0.25) is 9.59 Å². The Bertz CT molecular complexity index is 1230. The molecule has 3 aromatic carbocycles. The van der Waals surface area contributed by atoms with Gasteiger partial charge in [-0.05, 0) is 66.4 Å². The standard InChI is InChI=1S/C28H30O8/c1-31-20-11-17(12-21(15-20)32-2)7-8-18-13-25(35-5)26(36-6)16-22(18)28(30)27(29)19-9-10-23(33-3)24(14-19)34-4/h9-16H,7-8H2,1-6H3. The topological polar surface area (TPSA) is 89.5 Å². The minimum atomic E-state index is -0.674. The van der Waals surface area contributed by atoms with Gasteiger partial charge >= 0.3 is 0 Å². The highest BCUT2D eigenvalue weighted by atomic mass is 16.5. The van der Waals surface area contributed by atoms with Gasteiger partial charge in [0.2, 0.25) is 11.6 Å². The van der Waals surface area contributed by atoms with Crippen molar-refractivity contribution in [2.75, 3.05) is 42.7 Å². The molecular weight excluding hydrogens is 464 g/mol. The minimum Gasteiger partial charge on any atom is -0.497 e. The van der Waals surface area contributed by atoms with Crippen molar-refractivity contribution in [3.8, 4) is 34.5 Å². The molecule has 0 radical (unpaired) electrons. The number of carbonyl (C=O) groups excluding carboxylic acids is 2. The predicted octanol–water partition coefficient (Wildman–Crippen LogP) is 4.59. The van der Waals surface area contributed by atoms with Gasteiger partial charge in [-0.15, -0.1) is 0 Å². The van der Waals surface area contributed by atoms with E-state index in [0.717, 1.165) is 5.56 Å². The van der Waals surface area contributed by atoms with E-state index in [1.807, 2.05) is 12.1 Å². The van der Waals surface area contributed by atoms with Crippen LogP contribution in [0.25, 0.3) is 0 Å². The molecule has 0 saturated heterocycles. The number of ether oxygens (including phenoxy) is 6. The van der Waals surface area contributed by atoms with Crippen molar-refractivity contribution >= 4 is 11.6 Å². The van der Waals surface area contributed by atoms with Crippen molar-refractivity contribution in [3.05, 3.63) is 70.8 Å². The molecule has 0 aromatic heterocycles. The Morgan fingerprint density at radius 1 is 0.556 bits per heavy atom. The molecule has 8 nitrogen and oxygen atoms in total. The molecule has 8 heteroatoms. The largest absolute Gasteiger partial charge is 0.497 e. The maximum atomic E-state index is 13.4. The second-order valence-corrected chi connectivity index (χ2v) is 7.81. The molecule has 3 aromatic rings. The van der Waals surface area contributed by atoms with Gasteiger partial charge in [0.25, 0.3) is 0 Å². The fraction of sp³-hybridized carbons (Fsp3) is 0.286. The summed E-state index contributed by atoms with van der Waals surface area (Å²) in [6, 6.07) is 13.5. The zero-order valence-corrected chi connectivity index (χ0v) is 21.3. The molecule has 0 amide bonds. The van der Waals surface area contributed by atoms with Crippen LogP contribution in [-0.4, -0.2) is 54.2 Å². The number of carbonyl (C=O) groups is 2. The summed E-state index contributed by atoms with van der Waals surface area (Å²) >= 11 is 0. The lowest BCUT2D eigenvalue weighted by Crippen LogP contribution is -2.17. The predicted molar refractivity (Wildman–Crippen MR) is 135 cm³/mol. The lowest BCUT2D eigenvalue weighted by Gasteiger charge is -2.15. The molecule has 190 valence electrons. The number of aryl methyl sites for hydroxylation is 2. The summed E-state index contributed by atoms with van der Waals surface area (Å²) in [5, 5.41) is 0. The quantitative estimate of drug-likeness (QED) is 0.267. The van der Waals surface area contributed by atoms with Gasteiger partial charge in [0.15, 0.2) is 23.0 Å². The van der Waals surface area contributed by atoms with E-state index in [-0.39, 0.29) is 11.1 Å². The van der Waals surface area contributed by atoms with E-state index in [1.54, 1.807) is 38.5 Å². The summed E-state index contributed by atoms with van der Waals surface area (Å²) in [4.78, 5) is 26.7. The average Bonchev–Trinajstić information content (AvgIpc) is 2.93. The van der Waals surface area contributed by atoms with Crippen LogP contribution in [0.4, 0.5) is 0 Å². The fourth-order valence-corrected chi connectivity index (χ4v) is 3.86. The van der Waals surface area contributed by atoms with Crippen LogP contribution >= 0.6 is 0 Å². The molecule has 0 spiro atoms.